The minimum atomic E-state index is 0.642. The fourth-order valence-electron chi connectivity index (χ4n) is 2.54. The lowest BCUT2D eigenvalue weighted by Gasteiger charge is -2.31. The molecule has 3 heteroatoms. The van der Waals surface area contributed by atoms with E-state index in [1.807, 2.05) is 0 Å². The van der Waals surface area contributed by atoms with Gasteiger partial charge in [-0.3, -0.25) is 0 Å². The number of likely N-dealkylation sites (tertiary alicyclic amines) is 1. The number of benzene rings is 1. The van der Waals surface area contributed by atoms with E-state index in [1.54, 1.807) is 0 Å². The normalized spacial score (nSPS) is 18.4. The van der Waals surface area contributed by atoms with Gasteiger partial charge in [-0.2, -0.15) is 0 Å². The quantitative estimate of drug-likeness (QED) is 0.790. The third kappa shape index (κ3) is 4.11. The molecule has 0 atom stereocenters. The van der Waals surface area contributed by atoms with Crippen molar-refractivity contribution in [3.05, 3.63) is 35.9 Å². The van der Waals surface area contributed by atoms with Crippen molar-refractivity contribution in [1.82, 2.24) is 4.90 Å². The smallest absolute Gasteiger partial charge is 0.0806 e. The fraction of sp³-hybridized carbons (Fsp3) is 0.571. The lowest BCUT2D eigenvalue weighted by Crippen LogP contribution is -2.36. The second-order valence-electron chi connectivity index (χ2n) is 4.85. The first-order chi connectivity index (χ1) is 8.38. The van der Waals surface area contributed by atoms with Crippen molar-refractivity contribution < 1.29 is 4.84 Å². The molecule has 2 rings (SSSR count). The molecule has 0 saturated carbocycles. The van der Waals surface area contributed by atoms with Gasteiger partial charge in [0.25, 0.3) is 0 Å². The molecule has 1 aromatic rings. The zero-order valence-corrected chi connectivity index (χ0v) is 10.3. The number of piperidine rings is 1. The summed E-state index contributed by atoms with van der Waals surface area (Å²) in [7, 11) is 0. The number of rotatable bonds is 5. The van der Waals surface area contributed by atoms with Gasteiger partial charge in [0.1, 0.15) is 0 Å². The van der Waals surface area contributed by atoms with Crippen LogP contribution in [0.5, 0.6) is 0 Å². The van der Waals surface area contributed by atoms with E-state index in [0.717, 1.165) is 12.5 Å². The van der Waals surface area contributed by atoms with Gasteiger partial charge in [-0.25, -0.2) is 5.90 Å². The Balaban J connectivity index is 1.72. The highest BCUT2D eigenvalue weighted by molar-refractivity contribution is 5.15. The molecular weight excluding hydrogens is 212 g/mol. The van der Waals surface area contributed by atoms with Gasteiger partial charge in [0.05, 0.1) is 6.61 Å². The van der Waals surface area contributed by atoms with Crippen LogP contribution in [0.2, 0.25) is 0 Å². The highest BCUT2D eigenvalue weighted by Gasteiger charge is 2.18. The lowest BCUT2D eigenvalue weighted by atomic mass is 9.90. The van der Waals surface area contributed by atoms with Crippen LogP contribution in [0.3, 0.4) is 0 Å². The van der Waals surface area contributed by atoms with Crippen molar-refractivity contribution in [3.8, 4) is 0 Å². The highest BCUT2D eigenvalue weighted by atomic mass is 16.6. The van der Waals surface area contributed by atoms with Crippen LogP contribution in [-0.4, -0.2) is 31.1 Å². The summed E-state index contributed by atoms with van der Waals surface area (Å²) in [6, 6.07) is 10.8. The predicted octanol–water partition coefficient (Wildman–Crippen LogP) is 1.83. The summed E-state index contributed by atoms with van der Waals surface area (Å²) < 4.78 is 0. The Hall–Kier alpha value is -0.900. The van der Waals surface area contributed by atoms with Crippen LogP contribution in [0.15, 0.2) is 30.3 Å². The maximum absolute atomic E-state index is 5.05. The van der Waals surface area contributed by atoms with Gasteiger partial charge < -0.3 is 9.74 Å². The first kappa shape index (κ1) is 12.6. The monoisotopic (exact) mass is 234 g/mol. The third-order valence-electron chi connectivity index (χ3n) is 3.60. The van der Waals surface area contributed by atoms with Crippen LogP contribution < -0.4 is 5.90 Å². The van der Waals surface area contributed by atoms with E-state index in [4.69, 9.17) is 5.90 Å². The third-order valence-corrected chi connectivity index (χ3v) is 3.60. The molecular formula is C14H22N2O. The first-order valence-corrected chi connectivity index (χ1v) is 6.46. The van der Waals surface area contributed by atoms with Crippen LogP contribution in [0.25, 0.3) is 0 Å². The molecule has 0 bridgehead atoms. The molecule has 1 aliphatic heterocycles. The van der Waals surface area contributed by atoms with Crippen LogP contribution in [0.4, 0.5) is 0 Å². The van der Waals surface area contributed by atoms with E-state index in [0.29, 0.717) is 6.61 Å². The molecule has 3 nitrogen and oxygen atoms in total. The highest BCUT2D eigenvalue weighted by Crippen LogP contribution is 2.21. The van der Waals surface area contributed by atoms with Crippen molar-refractivity contribution in [2.75, 3.05) is 26.2 Å². The maximum atomic E-state index is 5.05. The van der Waals surface area contributed by atoms with Crippen molar-refractivity contribution >= 4 is 0 Å². The summed E-state index contributed by atoms with van der Waals surface area (Å²) in [5.74, 6) is 5.89. The molecule has 2 N–H and O–H groups in total. The van der Waals surface area contributed by atoms with Crippen molar-refractivity contribution in [2.24, 2.45) is 11.8 Å². The van der Waals surface area contributed by atoms with Crippen LogP contribution in [0.1, 0.15) is 18.4 Å². The number of nitrogens with two attached hydrogens (primary N) is 1. The van der Waals surface area contributed by atoms with Gasteiger partial charge >= 0.3 is 0 Å². The molecule has 1 heterocycles. The summed E-state index contributed by atoms with van der Waals surface area (Å²) in [6.45, 7) is 3.97. The van der Waals surface area contributed by atoms with Crippen LogP contribution >= 0.6 is 0 Å². The summed E-state index contributed by atoms with van der Waals surface area (Å²) >= 11 is 0. The summed E-state index contributed by atoms with van der Waals surface area (Å²) in [5, 5.41) is 0. The van der Waals surface area contributed by atoms with Crippen LogP contribution in [-0.2, 0) is 11.3 Å². The molecule has 0 radical (unpaired) electrons. The van der Waals surface area contributed by atoms with E-state index in [9.17, 15) is 0 Å². The number of hydrogen-bond donors (Lipinski definition) is 1. The molecule has 1 aromatic carbocycles. The van der Waals surface area contributed by atoms with Gasteiger partial charge in [-0.15, -0.1) is 0 Å². The topological polar surface area (TPSA) is 38.5 Å². The minimum Gasteiger partial charge on any atom is -0.303 e. The largest absolute Gasteiger partial charge is 0.303 e. The van der Waals surface area contributed by atoms with Crippen LogP contribution in [0, 0.1) is 5.92 Å². The summed E-state index contributed by atoms with van der Waals surface area (Å²) in [6.07, 6.45) is 3.81. The minimum absolute atomic E-state index is 0.642. The van der Waals surface area contributed by atoms with Gasteiger partial charge in [0, 0.05) is 6.54 Å². The molecule has 0 aliphatic carbocycles. The Morgan fingerprint density at radius 1 is 1.18 bits per heavy atom. The van der Waals surface area contributed by atoms with Crippen molar-refractivity contribution in [2.45, 2.75) is 19.3 Å². The van der Waals surface area contributed by atoms with E-state index in [-0.39, 0.29) is 0 Å². The van der Waals surface area contributed by atoms with Gasteiger partial charge in [0.2, 0.25) is 0 Å². The molecule has 0 unspecified atom stereocenters. The Morgan fingerprint density at radius 2 is 1.88 bits per heavy atom. The van der Waals surface area contributed by atoms with E-state index < -0.39 is 0 Å². The Kier molecular flexibility index (Phi) is 4.98. The Labute approximate surface area is 104 Å². The average molecular weight is 234 g/mol. The van der Waals surface area contributed by atoms with E-state index in [2.05, 4.69) is 40.1 Å². The average Bonchev–Trinajstić information content (AvgIpc) is 2.39. The zero-order valence-electron chi connectivity index (χ0n) is 10.3. The van der Waals surface area contributed by atoms with E-state index >= 15 is 0 Å². The van der Waals surface area contributed by atoms with E-state index in [1.165, 1.54) is 37.9 Å². The summed E-state index contributed by atoms with van der Waals surface area (Å²) in [4.78, 5) is 7.06. The van der Waals surface area contributed by atoms with Crippen molar-refractivity contribution in [1.29, 1.82) is 0 Å². The molecule has 1 fully saturated rings. The molecule has 0 amide bonds. The molecule has 94 valence electrons. The lowest BCUT2D eigenvalue weighted by molar-refractivity contribution is 0.0894. The first-order valence-electron chi connectivity index (χ1n) is 6.46. The van der Waals surface area contributed by atoms with Gasteiger partial charge in [0.15, 0.2) is 0 Å². The predicted molar refractivity (Wildman–Crippen MR) is 69.4 cm³/mol. The van der Waals surface area contributed by atoms with Crippen molar-refractivity contribution in [3.63, 3.8) is 0 Å². The standard InChI is InChI=1S/C14H22N2O/c15-17-11-10-16-8-6-14(7-9-16)12-13-4-2-1-3-5-13/h1-5,14H,6-12,15H2. The Bertz CT molecular complexity index is 307. The molecule has 17 heavy (non-hydrogen) atoms. The summed E-state index contributed by atoms with van der Waals surface area (Å²) in [5.41, 5.74) is 1.47. The second-order valence-corrected chi connectivity index (χ2v) is 4.85. The van der Waals surface area contributed by atoms with Gasteiger partial charge in [-0.05, 0) is 43.8 Å². The SMILES string of the molecule is NOCCN1CCC(Cc2ccccc2)CC1. The number of nitrogens with zero attached hydrogens (tertiary/aromatic N) is 1. The Morgan fingerprint density at radius 3 is 2.53 bits per heavy atom. The molecule has 0 aromatic heterocycles. The maximum Gasteiger partial charge on any atom is 0.0806 e. The fourth-order valence-corrected chi connectivity index (χ4v) is 2.54. The molecule has 1 aliphatic rings. The molecule has 0 spiro atoms. The zero-order chi connectivity index (χ0) is 11.9. The second kappa shape index (κ2) is 6.74. The number of hydrogen-bond acceptors (Lipinski definition) is 3. The molecule has 1 saturated heterocycles. The van der Waals surface area contributed by atoms with Gasteiger partial charge in [-0.1, -0.05) is 30.3 Å².